The number of hydrogen-bond donors (Lipinski definition) is 1. The minimum atomic E-state index is -4.18. The van der Waals surface area contributed by atoms with Crippen molar-refractivity contribution in [3.8, 4) is 5.75 Å². The van der Waals surface area contributed by atoms with Gasteiger partial charge in [-0.15, -0.1) is 0 Å². The topological polar surface area (TPSA) is 96.0 Å². The van der Waals surface area contributed by atoms with Crippen LogP contribution in [0, 0.1) is 13.8 Å². The Hall–Kier alpha value is -4.63. The van der Waals surface area contributed by atoms with Crippen molar-refractivity contribution in [2.24, 2.45) is 0 Å². The third kappa shape index (κ3) is 8.97. The number of amides is 2. The van der Waals surface area contributed by atoms with Gasteiger partial charge in [0.2, 0.25) is 11.8 Å². The Balaban J connectivity index is 1.78. The first kappa shape index (κ1) is 34.2. The number of carbonyl (C=O) groups is 2. The zero-order valence-electron chi connectivity index (χ0n) is 27.0. The predicted molar refractivity (Wildman–Crippen MR) is 182 cm³/mol. The normalized spacial score (nSPS) is 11.8. The fourth-order valence-corrected chi connectivity index (χ4v) is 6.48. The molecule has 1 unspecified atom stereocenters. The number of carbonyl (C=O) groups excluding carboxylic acids is 2. The van der Waals surface area contributed by atoms with Crippen LogP contribution in [-0.4, -0.2) is 51.4 Å². The lowest BCUT2D eigenvalue weighted by atomic mass is 10.0. The van der Waals surface area contributed by atoms with Crippen LogP contribution in [0.25, 0.3) is 0 Å². The number of rotatable bonds is 15. The molecule has 4 rings (SSSR count). The van der Waals surface area contributed by atoms with Gasteiger partial charge in [-0.3, -0.25) is 13.9 Å². The van der Waals surface area contributed by atoms with Gasteiger partial charge in [0.15, 0.2) is 0 Å². The molecule has 9 heteroatoms. The second kappa shape index (κ2) is 16.1. The molecule has 0 spiro atoms. The average molecular weight is 642 g/mol. The fourth-order valence-electron chi connectivity index (χ4n) is 5.07. The van der Waals surface area contributed by atoms with E-state index in [0.29, 0.717) is 18.0 Å². The summed E-state index contributed by atoms with van der Waals surface area (Å²) < 4.78 is 34.7. The van der Waals surface area contributed by atoms with Crippen LogP contribution in [0.15, 0.2) is 108 Å². The Labute approximate surface area is 273 Å². The molecule has 4 aromatic carbocycles. The molecule has 0 fully saturated rings. The van der Waals surface area contributed by atoms with Gasteiger partial charge in [0.1, 0.15) is 18.3 Å². The number of nitrogens with zero attached hydrogens (tertiary/aromatic N) is 2. The van der Waals surface area contributed by atoms with Crippen molar-refractivity contribution in [2.45, 2.75) is 57.5 Å². The molecule has 0 aromatic heterocycles. The molecule has 0 radical (unpaired) electrons. The number of anilines is 1. The Morgan fingerprint density at radius 2 is 1.41 bits per heavy atom. The Kier molecular flexibility index (Phi) is 12.0. The average Bonchev–Trinajstić information content (AvgIpc) is 3.06. The summed E-state index contributed by atoms with van der Waals surface area (Å²) in [6.07, 6.45) is 1.97. The van der Waals surface area contributed by atoms with Gasteiger partial charge in [-0.25, -0.2) is 8.42 Å². The number of unbranched alkanes of at least 4 members (excludes halogenated alkanes) is 1. The molecule has 4 aromatic rings. The van der Waals surface area contributed by atoms with Crippen LogP contribution < -0.4 is 14.4 Å². The summed E-state index contributed by atoms with van der Waals surface area (Å²) in [7, 11) is -2.65. The van der Waals surface area contributed by atoms with Crippen LogP contribution in [0.1, 0.15) is 42.0 Å². The van der Waals surface area contributed by atoms with Gasteiger partial charge in [-0.1, -0.05) is 91.2 Å². The minimum Gasteiger partial charge on any atom is -0.497 e. The molecule has 1 atom stereocenters. The Morgan fingerprint density at radius 3 is 2.00 bits per heavy atom. The van der Waals surface area contributed by atoms with Gasteiger partial charge in [-0.05, 0) is 67.8 Å². The van der Waals surface area contributed by atoms with Crippen LogP contribution in [-0.2, 0) is 32.6 Å². The summed E-state index contributed by atoms with van der Waals surface area (Å²) in [5.41, 5.74) is 4.00. The van der Waals surface area contributed by atoms with E-state index < -0.39 is 28.5 Å². The van der Waals surface area contributed by atoms with Crippen molar-refractivity contribution >= 4 is 27.5 Å². The van der Waals surface area contributed by atoms with Gasteiger partial charge in [0.25, 0.3) is 10.0 Å². The van der Waals surface area contributed by atoms with Crippen molar-refractivity contribution in [2.75, 3.05) is 24.5 Å². The third-order valence-electron chi connectivity index (χ3n) is 7.82. The maximum Gasteiger partial charge on any atom is 0.264 e. The van der Waals surface area contributed by atoms with Crippen molar-refractivity contribution in [1.29, 1.82) is 0 Å². The zero-order valence-corrected chi connectivity index (χ0v) is 27.8. The largest absolute Gasteiger partial charge is 0.497 e. The lowest BCUT2D eigenvalue weighted by Crippen LogP contribution is -2.53. The van der Waals surface area contributed by atoms with Crippen LogP contribution in [0.2, 0.25) is 0 Å². The maximum absolute atomic E-state index is 14.5. The Morgan fingerprint density at radius 1 is 0.804 bits per heavy atom. The molecule has 8 nitrogen and oxygen atoms in total. The number of hydrogen-bond acceptors (Lipinski definition) is 5. The van der Waals surface area contributed by atoms with Crippen LogP contribution in [0.4, 0.5) is 5.69 Å². The molecular weight excluding hydrogens is 598 g/mol. The number of methoxy groups -OCH3 is 1. The number of benzene rings is 4. The summed E-state index contributed by atoms with van der Waals surface area (Å²) in [6.45, 7) is 5.99. The maximum atomic E-state index is 14.5. The molecule has 0 bridgehead atoms. The lowest BCUT2D eigenvalue weighted by Gasteiger charge is -2.34. The van der Waals surface area contributed by atoms with Gasteiger partial charge in [0, 0.05) is 19.5 Å². The molecule has 0 heterocycles. The van der Waals surface area contributed by atoms with E-state index in [1.165, 1.54) is 24.1 Å². The summed E-state index contributed by atoms with van der Waals surface area (Å²) in [5, 5.41) is 3.01. The van der Waals surface area contributed by atoms with Crippen molar-refractivity contribution in [3.05, 3.63) is 125 Å². The number of ether oxygens (including phenoxy) is 1. The highest BCUT2D eigenvalue weighted by molar-refractivity contribution is 7.92. The fraction of sp³-hybridized carbons (Fsp3) is 0.297. The highest BCUT2D eigenvalue weighted by Crippen LogP contribution is 2.27. The molecule has 2 amide bonds. The number of sulfonamides is 1. The van der Waals surface area contributed by atoms with Gasteiger partial charge in [-0.2, -0.15) is 0 Å². The zero-order chi connectivity index (χ0) is 33.1. The molecular formula is C37H43N3O5S. The van der Waals surface area contributed by atoms with Crippen LogP contribution >= 0.6 is 0 Å². The first-order valence-electron chi connectivity index (χ1n) is 15.5. The van der Waals surface area contributed by atoms with E-state index in [2.05, 4.69) is 5.32 Å². The van der Waals surface area contributed by atoms with E-state index in [9.17, 15) is 18.0 Å². The monoisotopic (exact) mass is 641 g/mol. The lowest BCUT2D eigenvalue weighted by molar-refractivity contribution is -0.140. The van der Waals surface area contributed by atoms with Crippen LogP contribution in [0.3, 0.4) is 0 Å². The van der Waals surface area contributed by atoms with E-state index in [0.717, 1.165) is 39.4 Å². The van der Waals surface area contributed by atoms with Crippen molar-refractivity contribution < 1.29 is 22.7 Å². The minimum absolute atomic E-state index is 0.0601. The summed E-state index contributed by atoms with van der Waals surface area (Å²) in [5.74, 6) is -0.232. The highest BCUT2D eigenvalue weighted by atomic mass is 32.2. The smallest absolute Gasteiger partial charge is 0.264 e. The second-order valence-corrected chi connectivity index (χ2v) is 13.2. The molecule has 0 aliphatic heterocycles. The van der Waals surface area contributed by atoms with Crippen molar-refractivity contribution in [3.63, 3.8) is 0 Å². The quantitative estimate of drug-likeness (QED) is 0.159. The molecule has 0 aliphatic rings. The highest BCUT2D eigenvalue weighted by Gasteiger charge is 2.34. The molecule has 1 N–H and O–H groups in total. The SMILES string of the molecule is CCCCNC(=O)C(Cc1ccccc1)N(Cc1ccc(C)cc1)C(=O)CN(c1ccc(OC)cc1)S(=O)(=O)c1ccc(C)cc1. The van der Waals surface area contributed by atoms with E-state index in [1.807, 2.05) is 75.4 Å². The second-order valence-electron chi connectivity index (χ2n) is 11.4. The predicted octanol–water partition coefficient (Wildman–Crippen LogP) is 6.06. The first-order chi connectivity index (χ1) is 22.1. The van der Waals surface area contributed by atoms with E-state index in [-0.39, 0.29) is 23.8 Å². The molecule has 0 saturated heterocycles. The van der Waals surface area contributed by atoms with E-state index >= 15 is 0 Å². The standard InChI is InChI=1S/C37H43N3O5S/c1-5-6-24-38-37(42)35(25-30-10-8-7-9-11-30)39(26-31-16-12-28(2)13-17-31)36(41)27-40(32-18-20-33(45-4)21-19-32)46(43,44)34-22-14-29(3)15-23-34/h7-23,35H,5-6,24-27H2,1-4H3,(H,38,42). The molecule has 242 valence electrons. The van der Waals surface area contributed by atoms with Crippen LogP contribution in [0.5, 0.6) is 5.75 Å². The third-order valence-corrected chi connectivity index (χ3v) is 9.61. The molecule has 0 saturated carbocycles. The Bertz CT molecular complexity index is 1670. The van der Waals surface area contributed by atoms with E-state index in [4.69, 9.17) is 4.74 Å². The van der Waals surface area contributed by atoms with E-state index in [1.54, 1.807) is 36.4 Å². The van der Waals surface area contributed by atoms with Gasteiger partial charge in [0.05, 0.1) is 17.7 Å². The summed E-state index contributed by atoms with van der Waals surface area (Å²) in [6, 6.07) is 29.5. The summed E-state index contributed by atoms with van der Waals surface area (Å²) in [4.78, 5) is 29.9. The molecule has 46 heavy (non-hydrogen) atoms. The number of aryl methyl sites for hydroxylation is 2. The van der Waals surface area contributed by atoms with Crippen molar-refractivity contribution in [1.82, 2.24) is 10.2 Å². The first-order valence-corrected chi connectivity index (χ1v) is 17.0. The molecule has 0 aliphatic carbocycles. The summed E-state index contributed by atoms with van der Waals surface area (Å²) >= 11 is 0. The van der Waals surface area contributed by atoms with Gasteiger partial charge < -0.3 is 15.0 Å². The number of nitrogens with one attached hydrogen (secondary N) is 1. The van der Waals surface area contributed by atoms with Gasteiger partial charge >= 0.3 is 0 Å².